The largest absolute Gasteiger partial charge is 0.371 e. The van der Waals surface area contributed by atoms with E-state index < -0.39 is 0 Å². The Hall–Kier alpha value is -1.84. The first-order valence-corrected chi connectivity index (χ1v) is 5.65. The van der Waals surface area contributed by atoms with Gasteiger partial charge in [0.2, 0.25) is 0 Å². The molecule has 1 aliphatic heterocycles. The van der Waals surface area contributed by atoms with Crippen LogP contribution in [-0.2, 0) is 0 Å². The highest BCUT2D eigenvalue weighted by Gasteiger charge is 2.16. The van der Waals surface area contributed by atoms with Crippen molar-refractivity contribution in [3.63, 3.8) is 0 Å². The van der Waals surface area contributed by atoms with Crippen LogP contribution in [0.25, 0.3) is 11.4 Å². The molecular formula is C12H14N4. The van der Waals surface area contributed by atoms with E-state index in [0.29, 0.717) is 0 Å². The van der Waals surface area contributed by atoms with Crippen LogP contribution in [0.1, 0.15) is 12.8 Å². The fourth-order valence-corrected chi connectivity index (χ4v) is 2.24. The van der Waals surface area contributed by atoms with Gasteiger partial charge in [-0.05, 0) is 25.0 Å². The van der Waals surface area contributed by atoms with E-state index in [-0.39, 0.29) is 0 Å². The minimum atomic E-state index is 0.850. The van der Waals surface area contributed by atoms with Gasteiger partial charge in [0, 0.05) is 24.3 Å². The van der Waals surface area contributed by atoms with Crippen LogP contribution in [-0.4, -0.2) is 28.3 Å². The molecule has 2 heterocycles. The number of anilines is 1. The summed E-state index contributed by atoms with van der Waals surface area (Å²) in [5.74, 6) is 0.850. The number of aromatic nitrogens is 3. The van der Waals surface area contributed by atoms with Gasteiger partial charge in [0.1, 0.15) is 6.33 Å². The number of hydrogen-bond acceptors (Lipinski definition) is 3. The zero-order valence-corrected chi connectivity index (χ0v) is 9.06. The van der Waals surface area contributed by atoms with E-state index in [2.05, 4.69) is 38.3 Å². The average molecular weight is 214 g/mol. The van der Waals surface area contributed by atoms with E-state index in [1.165, 1.54) is 18.5 Å². The Morgan fingerprint density at radius 1 is 1.12 bits per heavy atom. The molecule has 0 unspecified atom stereocenters. The van der Waals surface area contributed by atoms with Gasteiger partial charge in [0.15, 0.2) is 5.82 Å². The van der Waals surface area contributed by atoms with Crippen molar-refractivity contribution in [2.75, 3.05) is 18.0 Å². The van der Waals surface area contributed by atoms with Crippen LogP contribution in [0.2, 0.25) is 0 Å². The van der Waals surface area contributed by atoms with Crippen LogP contribution >= 0.6 is 0 Å². The van der Waals surface area contributed by atoms with Gasteiger partial charge in [-0.25, -0.2) is 4.98 Å². The number of nitrogens with zero attached hydrogens (tertiary/aromatic N) is 3. The predicted octanol–water partition coefficient (Wildman–Crippen LogP) is 2.07. The van der Waals surface area contributed by atoms with Gasteiger partial charge >= 0.3 is 0 Å². The maximum Gasteiger partial charge on any atom is 0.157 e. The molecule has 1 saturated heterocycles. The molecule has 1 fully saturated rings. The topological polar surface area (TPSA) is 44.8 Å². The minimum Gasteiger partial charge on any atom is -0.371 e. The van der Waals surface area contributed by atoms with Crippen LogP contribution in [0.3, 0.4) is 0 Å². The second-order valence-electron chi connectivity index (χ2n) is 4.05. The SMILES string of the molecule is c1ccc(N2CCCC2)c(-c2ncn[nH]2)c1. The highest BCUT2D eigenvalue weighted by molar-refractivity contribution is 5.74. The van der Waals surface area contributed by atoms with E-state index in [0.717, 1.165) is 24.5 Å². The molecule has 0 amide bonds. The third-order valence-electron chi connectivity index (χ3n) is 3.02. The molecule has 0 atom stereocenters. The van der Waals surface area contributed by atoms with Crippen molar-refractivity contribution in [1.29, 1.82) is 0 Å². The van der Waals surface area contributed by atoms with E-state index in [9.17, 15) is 0 Å². The van der Waals surface area contributed by atoms with Crippen molar-refractivity contribution in [2.24, 2.45) is 0 Å². The second kappa shape index (κ2) is 3.96. The van der Waals surface area contributed by atoms with Gasteiger partial charge in [-0.3, -0.25) is 5.10 Å². The van der Waals surface area contributed by atoms with E-state index in [1.54, 1.807) is 6.33 Å². The predicted molar refractivity (Wildman–Crippen MR) is 63.3 cm³/mol. The minimum absolute atomic E-state index is 0.850. The average Bonchev–Trinajstić information content (AvgIpc) is 3.03. The summed E-state index contributed by atoms with van der Waals surface area (Å²) in [5.41, 5.74) is 2.40. The Morgan fingerprint density at radius 3 is 2.69 bits per heavy atom. The Kier molecular flexibility index (Phi) is 2.33. The molecule has 1 aromatic carbocycles. The highest BCUT2D eigenvalue weighted by atomic mass is 15.2. The summed E-state index contributed by atoms with van der Waals surface area (Å²) in [7, 11) is 0. The maximum atomic E-state index is 4.23. The molecule has 0 bridgehead atoms. The standard InChI is InChI=1S/C12H14N4/c1-2-6-11(16-7-3-4-8-16)10(5-1)12-13-9-14-15-12/h1-2,5-6,9H,3-4,7-8H2,(H,13,14,15). The quantitative estimate of drug-likeness (QED) is 0.832. The summed E-state index contributed by atoms with van der Waals surface area (Å²) in [6, 6.07) is 8.36. The van der Waals surface area contributed by atoms with Gasteiger partial charge < -0.3 is 4.90 Å². The molecule has 0 aliphatic carbocycles. The lowest BCUT2D eigenvalue weighted by Crippen LogP contribution is -2.18. The summed E-state index contributed by atoms with van der Waals surface area (Å²) in [6.07, 6.45) is 4.12. The zero-order valence-electron chi connectivity index (χ0n) is 9.06. The van der Waals surface area contributed by atoms with E-state index in [4.69, 9.17) is 0 Å². The van der Waals surface area contributed by atoms with Crippen molar-refractivity contribution in [2.45, 2.75) is 12.8 Å². The first kappa shape index (κ1) is 9.39. The smallest absolute Gasteiger partial charge is 0.157 e. The van der Waals surface area contributed by atoms with Gasteiger partial charge in [0.05, 0.1) is 0 Å². The van der Waals surface area contributed by atoms with Crippen LogP contribution in [0.15, 0.2) is 30.6 Å². The third-order valence-corrected chi connectivity index (χ3v) is 3.02. The highest BCUT2D eigenvalue weighted by Crippen LogP contribution is 2.30. The molecule has 82 valence electrons. The number of benzene rings is 1. The Morgan fingerprint density at radius 2 is 1.94 bits per heavy atom. The van der Waals surface area contributed by atoms with Crippen molar-refractivity contribution >= 4 is 5.69 Å². The number of aromatic amines is 1. The van der Waals surface area contributed by atoms with Gasteiger partial charge in [-0.2, -0.15) is 5.10 Å². The number of para-hydroxylation sites is 1. The first-order valence-electron chi connectivity index (χ1n) is 5.65. The monoisotopic (exact) mass is 214 g/mol. The van der Waals surface area contributed by atoms with Crippen LogP contribution in [0.4, 0.5) is 5.69 Å². The third kappa shape index (κ3) is 1.56. The molecule has 4 nitrogen and oxygen atoms in total. The Balaban J connectivity index is 2.04. The lowest BCUT2D eigenvalue weighted by molar-refractivity contribution is 0.949. The summed E-state index contributed by atoms with van der Waals surface area (Å²) in [4.78, 5) is 6.64. The molecule has 0 saturated carbocycles. The lowest BCUT2D eigenvalue weighted by atomic mass is 10.1. The molecule has 1 aromatic heterocycles. The molecule has 4 heteroatoms. The molecule has 3 rings (SSSR count). The summed E-state index contributed by atoms with van der Waals surface area (Å²) < 4.78 is 0. The molecule has 0 radical (unpaired) electrons. The van der Waals surface area contributed by atoms with Crippen LogP contribution in [0, 0.1) is 0 Å². The van der Waals surface area contributed by atoms with Gasteiger partial charge in [0.25, 0.3) is 0 Å². The van der Waals surface area contributed by atoms with Crippen molar-refractivity contribution in [3.8, 4) is 11.4 Å². The number of H-pyrrole nitrogens is 1. The lowest BCUT2D eigenvalue weighted by Gasteiger charge is -2.20. The number of nitrogens with one attached hydrogen (secondary N) is 1. The van der Waals surface area contributed by atoms with E-state index >= 15 is 0 Å². The molecule has 16 heavy (non-hydrogen) atoms. The van der Waals surface area contributed by atoms with Crippen LogP contribution < -0.4 is 4.90 Å². The Labute approximate surface area is 94.3 Å². The molecule has 2 aromatic rings. The zero-order chi connectivity index (χ0) is 10.8. The van der Waals surface area contributed by atoms with Crippen molar-refractivity contribution in [1.82, 2.24) is 15.2 Å². The van der Waals surface area contributed by atoms with Crippen molar-refractivity contribution < 1.29 is 0 Å². The summed E-state index contributed by atoms with van der Waals surface area (Å²) in [6.45, 7) is 2.29. The number of hydrogen-bond donors (Lipinski definition) is 1. The molecule has 1 N–H and O–H groups in total. The molecular weight excluding hydrogens is 200 g/mol. The Bertz CT molecular complexity index is 458. The van der Waals surface area contributed by atoms with Gasteiger partial charge in [-0.15, -0.1) is 0 Å². The fraction of sp³-hybridized carbons (Fsp3) is 0.333. The summed E-state index contributed by atoms with van der Waals surface area (Å²) >= 11 is 0. The normalized spacial score (nSPS) is 15.6. The molecule has 1 aliphatic rings. The first-order chi connectivity index (χ1) is 7.95. The molecule has 0 spiro atoms. The van der Waals surface area contributed by atoms with Gasteiger partial charge in [-0.1, -0.05) is 12.1 Å². The van der Waals surface area contributed by atoms with Crippen LogP contribution in [0.5, 0.6) is 0 Å². The second-order valence-corrected chi connectivity index (χ2v) is 4.05. The maximum absolute atomic E-state index is 4.23. The van der Waals surface area contributed by atoms with Crippen molar-refractivity contribution in [3.05, 3.63) is 30.6 Å². The van der Waals surface area contributed by atoms with E-state index in [1.807, 2.05) is 6.07 Å². The number of rotatable bonds is 2. The summed E-state index contributed by atoms with van der Waals surface area (Å²) in [5, 5.41) is 6.84. The fourth-order valence-electron chi connectivity index (χ4n) is 2.24.